The SMILES string of the molecule is CN=C(NCC(=O)Nc1ccccc1)NCC(OC)C(C)(C)C.I. The van der Waals surface area contributed by atoms with Crippen LogP contribution in [0.4, 0.5) is 5.69 Å². The Labute approximate surface area is 161 Å². The number of benzene rings is 1. The van der Waals surface area contributed by atoms with Crippen LogP contribution in [0.3, 0.4) is 0 Å². The topological polar surface area (TPSA) is 74.8 Å². The number of carbonyl (C=O) groups is 1. The Kier molecular flexibility index (Phi) is 10.6. The molecule has 7 heteroatoms. The summed E-state index contributed by atoms with van der Waals surface area (Å²) >= 11 is 0. The Morgan fingerprint density at radius 3 is 2.33 bits per heavy atom. The van der Waals surface area contributed by atoms with Crippen molar-refractivity contribution >= 4 is 41.5 Å². The predicted octanol–water partition coefficient (Wildman–Crippen LogP) is 2.47. The molecule has 0 saturated heterocycles. The van der Waals surface area contributed by atoms with Crippen molar-refractivity contribution in [2.45, 2.75) is 26.9 Å². The molecule has 24 heavy (non-hydrogen) atoms. The van der Waals surface area contributed by atoms with E-state index in [1.807, 2.05) is 30.3 Å². The quantitative estimate of drug-likeness (QED) is 0.355. The lowest BCUT2D eigenvalue weighted by molar-refractivity contribution is -0.115. The normalized spacial score (nSPS) is 12.8. The van der Waals surface area contributed by atoms with Crippen LogP contribution in [0.5, 0.6) is 0 Å². The first-order valence-electron chi connectivity index (χ1n) is 7.69. The summed E-state index contributed by atoms with van der Waals surface area (Å²) in [7, 11) is 3.37. The van der Waals surface area contributed by atoms with Gasteiger partial charge in [-0.05, 0) is 17.5 Å². The monoisotopic (exact) mass is 448 g/mol. The van der Waals surface area contributed by atoms with Gasteiger partial charge in [-0.25, -0.2) is 0 Å². The number of hydrogen-bond acceptors (Lipinski definition) is 3. The number of para-hydroxylation sites is 1. The number of aliphatic imine (C=N–C) groups is 1. The molecule has 6 nitrogen and oxygen atoms in total. The molecule has 0 heterocycles. The molecule has 1 amide bonds. The summed E-state index contributed by atoms with van der Waals surface area (Å²) in [6.45, 7) is 7.10. The molecule has 1 atom stereocenters. The third-order valence-corrected chi connectivity index (χ3v) is 3.40. The number of amides is 1. The van der Waals surface area contributed by atoms with Crippen LogP contribution in [0, 0.1) is 5.41 Å². The Morgan fingerprint density at radius 1 is 1.21 bits per heavy atom. The zero-order chi connectivity index (χ0) is 17.3. The van der Waals surface area contributed by atoms with E-state index in [1.54, 1.807) is 14.2 Å². The fraction of sp³-hybridized carbons (Fsp3) is 0.529. The van der Waals surface area contributed by atoms with Gasteiger partial charge in [0.05, 0.1) is 12.6 Å². The van der Waals surface area contributed by atoms with Crippen molar-refractivity contribution in [1.82, 2.24) is 10.6 Å². The number of guanidine groups is 1. The van der Waals surface area contributed by atoms with E-state index in [9.17, 15) is 4.79 Å². The highest BCUT2D eigenvalue weighted by Crippen LogP contribution is 2.20. The van der Waals surface area contributed by atoms with Gasteiger partial charge in [0.15, 0.2) is 5.96 Å². The molecule has 1 rings (SSSR count). The smallest absolute Gasteiger partial charge is 0.243 e. The number of halogens is 1. The van der Waals surface area contributed by atoms with E-state index in [0.29, 0.717) is 12.5 Å². The number of nitrogens with zero attached hydrogens (tertiary/aromatic N) is 1. The van der Waals surface area contributed by atoms with E-state index >= 15 is 0 Å². The maximum Gasteiger partial charge on any atom is 0.243 e. The molecule has 136 valence electrons. The summed E-state index contributed by atoms with van der Waals surface area (Å²) in [5.74, 6) is 0.442. The average Bonchev–Trinajstić information content (AvgIpc) is 2.50. The Balaban J connectivity index is 0.00000529. The second-order valence-corrected chi connectivity index (χ2v) is 6.31. The largest absolute Gasteiger partial charge is 0.379 e. The third kappa shape index (κ3) is 8.49. The summed E-state index contributed by atoms with van der Waals surface area (Å²) in [5.41, 5.74) is 0.792. The molecular formula is C17H29IN4O2. The van der Waals surface area contributed by atoms with Gasteiger partial charge in [-0.2, -0.15) is 0 Å². The highest BCUT2D eigenvalue weighted by atomic mass is 127. The number of rotatable bonds is 6. The summed E-state index contributed by atoms with van der Waals surface area (Å²) in [6.07, 6.45) is 0.0409. The first-order valence-corrected chi connectivity index (χ1v) is 7.69. The predicted molar refractivity (Wildman–Crippen MR) is 110 cm³/mol. The molecule has 0 aromatic heterocycles. The molecule has 0 radical (unpaired) electrons. The third-order valence-electron chi connectivity index (χ3n) is 3.40. The lowest BCUT2D eigenvalue weighted by Crippen LogP contribution is -2.46. The van der Waals surface area contributed by atoms with E-state index in [-0.39, 0.29) is 47.9 Å². The molecule has 1 aromatic carbocycles. The first-order chi connectivity index (χ1) is 10.9. The summed E-state index contributed by atoms with van der Waals surface area (Å²) in [5, 5.41) is 8.98. The lowest BCUT2D eigenvalue weighted by atomic mass is 9.89. The van der Waals surface area contributed by atoms with Gasteiger partial charge in [0, 0.05) is 26.4 Å². The molecule has 1 unspecified atom stereocenters. The standard InChI is InChI=1S/C17H28N4O2.HI/c1-17(2,3)14(23-5)11-19-16(18-4)20-12-15(22)21-13-9-7-6-8-10-13;/h6-10,14H,11-12H2,1-5H3,(H,21,22)(H2,18,19,20);1H. The highest BCUT2D eigenvalue weighted by molar-refractivity contribution is 14.0. The second-order valence-electron chi connectivity index (χ2n) is 6.31. The maximum atomic E-state index is 11.9. The van der Waals surface area contributed by atoms with Gasteiger partial charge in [-0.1, -0.05) is 39.0 Å². The van der Waals surface area contributed by atoms with Crippen LogP contribution in [-0.4, -0.2) is 45.2 Å². The van der Waals surface area contributed by atoms with Crippen molar-refractivity contribution in [2.24, 2.45) is 10.4 Å². The van der Waals surface area contributed by atoms with E-state index < -0.39 is 0 Å². The number of carbonyl (C=O) groups excluding carboxylic acids is 1. The number of ether oxygens (including phenoxy) is 1. The first kappa shape index (κ1) is 22.6. The number of anilines is 1. The minimum atomic E-state index is -0.127. The van der Waals surface area contributed by atoms with Crippen molar-refractivity contribution in [1.29, 1.82) is 0 Å². The molecule has 1 aromatic rings. The van der Waals surface area contributed by atoms with E-state index in [4.69, 9.17) is 4.74 Å². The molecule has 0 saturated carbocycles. The van der Waals surface area contributed by atoms with E-state index in [0.717, 1.165) is 5.69 Å². The van der Waals surface area contributed by atoms with Gasteiger partial charge in [-0.15, -0.1) is 24.0 Å². The van der Waals surface area contributed by atoms with Crippen molar-refractivity contribution in [2.75, 3.05) is 32.6 Å². The molecule has 3 N–H and O–H groups in total. The van der Waals surface area contributed by atoms with Gasteiger partial charge in [0.2, 0.25) is 5.91 Å². The number of methoxy groups -OCH3 is 1. The van der Waals surface area contributed by atoms with Crippen molar-refractivity contribution in [3.05, 3.63) is 30.3 Å². The van der Waals surface area contributed by atoms with Crippen LogP contribution in [0.2, 0.25) is 0 Å². The van der Waals surface area contributed by atoms with Crippen LogP contribution in [0.15, 0.2) is 35.3 Å². The Morgan fingerprint density at radius 2 is 1.83 bits per heavy atom. The molecule has 0 aliphatic carbocycles. The summed E-state index contributed by atoms with van der Waals surface area (Å²) < 4.78 is 5.49. The van der Waals surface area contributed by atoms with E-state index in [2.05, 4.69) is 41.7 Å². The zero-order valence-electron chi connectivity index (χ0n) is 15.1. The molecule has 0 bridgehead atoms. The zero-order valence-corrected chi connectivity index (χ0v) is 17.4. The van der Waals surface area contributed by atoms with Crippen molar-refractivity contribution in [3.63, 3.8) is 0 Å². The van der Waals surface area contributed by atoms with Crippen LogP contribution in [-0.2, 0) is 9.53 Å². The molecule has 0 aliphatic rings. The Hall–Kier alpha value is -1.35. The second kappa shape index (κ2) is 11.2. The molecular weight excluding hydrogens is 419 g/mol. The number of hydrogen-bond donors (Lipinski definition) is 3. The Bertz CT molecular complexity index is 515. The molecule has 0 aliphatic heterocycles. The summed E-state index contributed by atoms with van der Waals surface area (Å²) in [6, 6.07) is 9.35. The van der Waals surface area contributed by atoms with Gasteiger partial charge < -0.3 is 20.7 Å². The lowest BCUT2D eigenvalue weighted by Gasteiger charge is -2.30. The highest BCUT2D eigenvalue weighted by Gasteiger charge is 2.24. The van der Waals surface area contributed by atoms with Crippen LogP contribution in [0.25, 0.3) is 0 Å². The fourth-order valence-corrected chi connectivity index (χ4v) is 2.04. The van der Waals surface area contributed by atoms with E-state index in [1.165, 1.54) is 0 Å². The minimum absolute atomic E-state index is 0. The van der Waals surface area contributed by atoms with Crippen molar-refractivity contribution in [3.8, 4) is 0 Å². The van der Waals surface area contributed by atoms with Gasteiger partial charge >= 0.3 is 0 Å². The van der Waals surface area contributed by atoms with Crippen LogP contribution in [0.1, 0.15) is 20.8 Å². The van der Waals surface area contributed by atoms with Crippen molar-refractivity contribution < 1.29 is 9.53 Å². The number of nitrogens with one attached hydrogen (secondary N) is 3. The van der Waals surface area contributed by atoms with Gasteiger partial charge in [0.25, 0.3) is 0 Å². The minimum Gasteiger partial charge on any atom is -0.379 e. The fourth-order valence-electron chi connectivity index (χ4n) is 2.04. The van der Waals surface area contributed by atoms with Gasteiger partial charge in [-0.3, -0.25) is 9.79 Å². The summed E-state index contributed by atoms with van der Waals surface area (Å²) in [4.78, 5) is 16.0. The maximum absolute atomic E-state index is 11.9. The average molecular weight is 448 g/mol. The van der Waals surface area contributed by atoms with Crippen LogP contribution < -0.4 is 16.0 Å². The van der Waals surface area contributed by atoms with Crippen LogP contribution >= 0.6 is 24.0 Å². The molecule has 0 fully saturated rings. The van der Waals surface area contributed by atoms with Gasteiger partial charge in [0.1, 0.15) is 0 Å². The molecule has 0 spiro atoms.